The van der Waals surface area contributed by atoms with Crippen LogP contribution >= 0.6 is 11.6 Å². The standard InChI is InChI=1S/C13H19ClN2O3S/c1-10(11-6-4-5-7-12(11)14)15-13(17)8-9-16(2)20(3,18)19/h4-7,10H,8-9H2,1-3H3,(H,15,17)/t10-/m0/s1. The summed E-state index contributed by atoms with van der Waals surface area (Å²) in [5, 5.41) is 3.39. The van der Waals surface area contributed by atoms with Crippen molar-refractivity contribution in [2.45, 2.75) is 19.4 Å². The SMILES string of the molecule is C[C@H](NC(=O)CCN(C)S(C)(=O)=O)c1ccccc1Cl. The number of amides is 1. The first-order valence-corrected chi connectivity index (χ1v) is 8.39. The van der Waals surface area contributed by atoms with E-state index in [2.05, 4.69) is 5.32 Å². The van der Waals surface area contributed by atoms with E-state index in [9.17, 15) is 13.2 Å². The van der Waals surface area contributed by atoms with Gasteiger partial charge < -0.3 is 5.32 Å². The predicted molar refractivity (Wildman–Crippen MR) is 80.1 cm³/mol. The highest BCUT2D eigenvalue weighted by Crippen LogP contribution is 2.22. The fourth-order valence-electron chi connectivity index (χ4n) is 1.64. The summed E-state index contributed by atoms with van der Waals surface area (Å²) >= 11 is 6.05. The van der Waals surface area contributed by atoms with E-state index in [-0.39, 0.29) is 24.9 Å². The van der Waals surface area contributed by atoms with Crippen LogP contribution in [-0.2, 0) is 14.8 Å². The lowest BCUT2D eigenvalue weighted by Gasteiger charge is -2.17. The van der Waals surface area contributed by atoms with Gasteiger partial charge in [0.2, 0.25) is 15.9 Å². The highest BCUT2D eigenvalue weighted by atomic mass is 35.5. The Kier molecular flexibility index (Phi) is 5.98. The van der Waals surface area contributed by atoms with Gasteiger partial charge in [0.05, 0.1) is 12.3 Å². The summed E-state index contributed by atoms with van der Waals surface area (Å²) in [6.45, 7) is 1.99. The molecule has 0 bridgehead atoms. The number of carbonyl (C=O) groups is 1. The van der Waals surface area contributed by atoms with Gasteiger partial charge in [-0.2, -0.15) is 0 Å². The molecule has 0 aliphatic rings. The van der Waals surface area contributed by atoms with Gasteiger partial charge in [0, 0.05) is 25.0 Å². The second kappa shape index (κ2) is 7.06. The maximum absolute atomic E-state index is 11.8. The topological polar surface area (TPSA) is 66.5 Å². The molecular weight excluding hydrogens is 300 g/mol. The summed E-state index contributed by atoms with van der Waals surface area (Å²) in [5.74, 6) is -0.215. The molecule has 1 atom stereocenters. The largest absolute Gasteiger partial charge is 0.349 e. The quantitative estimate of drug-likeness (QED) is 0.869. The Bertz CT molecular complexity index is 575. The summed E-state index contributed by atoms with van der Waals surface area (Å²) in [4.78, 5) is 11.8. The number of nitrogens with one attached hydrogen (secondary N) is 1. The van der Waals surface area contributed by atoms with Gasteiger partial charge >= 0.3 is 0 Å². The van der Waals surface area contributed by atoms with E-state index in [1.807, 2.05) is 25.1 Å². The molecule has 0 aliphatic carbocycles. The van der Waals surface area contributed by atoms with Crippen LogP contribution in [0.1, 0.15) is 24.9 Å². The van der Waals surface area contributed by atoms with Gasteiger partial charge in [0.1, 0.15) is 0 Å². The van der Waals surface area contributed by atoms with Gasteiger partial charge in [-0.15, -0.1) is 0 Å². The van der Waals surface area contributed by atoms with Crippen LogP contribution in [-0.4, -0.2) is 38.5 Å². The Hall–Kier alpha value is -1.11. The molecule has 1 aromatic carbocycles. The molecule has 112 valence electrons. The molecule has 7 heteroatoms. The number of nitrogens with zero attached hydrogens (tertiary/aromatic N) is 1. The van der Waals surface area contributed by atoms with Crippen molar-refractivity contribution in [3.63, 3.8) is 0 Å². The van der Waals surface area contributed by atoms with Crippen molar-refractivity contribution in [3.8, 4) is 0 Å². The van der Waals surface area contributed by atoms with Gasteiger partial charge in [0.15, 0.2) is 0 Å². The summed E-state index contributed by atoms with van der Waals surface area (Å²) in [6.07, 6.45) is 1.22. The molecule has 1 aromatic rings. The molecule has 0 aromatic heterocycles. The van der Waals surface area contributed by atoms with Crippen molar-refractivity contribution in [2.75, 3.05) is 19.8 Å². The maximum atomic E-state index is 11.8. The van der Waals surface area contributed by atoms with Crippen molar-refractivity contribution in [1.29, 1.82) is 0 Å². The van der Waals surface area contributed by atoms with E-state index in [1.165, 1.54) is 7.05 Å². The minimum absolute atomic E-state index is 0.109. The number of halogens is 1. The molecular formula is C13H19ClN2O3S. The monoisotopic (exact) mass is 318 g/mol. The Morgan fingerprint density at radius 2 is 2.00 bits per heavy atom. The van der Waals surface area contributed by atoms with Crippen LogP contribution < -0.4 is 5.32 Å². The molecule has 0 aliphatic heterocycles. The van der Waals surface area contributed by atoms with Crippen LogP contribution in [0, 0.1) is 0 Å². The fraction of sp³-hybridized carbons (Fsp3) is 0.462. The second-order valence-electron chi connectivity index (χ2n) is 4.65. The normalized spacial score (nSPS) is 13.2. The molecule has 0 spiro atoms. The number of rotatable bonds is 6. The first-order valence-electron chi connectivity index (χ1n) is 6.17. The Balaban J connectivity index is 2.53. The third kappa shape index (κ3) is 5.11. The molecule has 0 unspecified atom stereocenters. The number of sulfonamides is 1. The lowest BCUT2D eigenvalue weighted by molar-refractivity contribution is -0.121. The minimum Gasteiger partial charge on any atom is -0.349 e. The second-order valence-corrected chi connectivity index (χ2v) is 7.14. The Morgan fingerprint density at radius 3 is 2.55 bits per heavy atom. The zero-order valence-electron chi connectivity index (χ0n) is 11.8. The van der Waals surface area contributed by atoms with Crippen molar-refractivity contribution in [3.05, 3.63) is 34.9 Å². The molecule has 0 saturated heterocycles. The first-order chi connectivity index (χ1) is 9.21. The van der Waals surface area contributed by atoms with E-state index >= 15 is 0 Å². The average Bonchev–Trinajstić information content (AvgIpc) is 2.35. The lowest BCUT2D eigenvalue weighted by atomic mass is 10.1. The minimum atomic E-state index is -3.25. The van der Waals surface area contributed by atoms with Gasteiger partial charge in [-0.05, 0) is 18.6 Å². The van der Waals surface area contributed by atoms with Crippen molar-refractivity contribution in [1.82, 2.24) is 9.62 Å². The van der Waals surface area contributed by atoms with E-state index in [4.69, 9.17) is 11.6 Å². The first kappa shape index (κ1) is 16.9. The zero-order valence-corrected chi connectivity index (χ0v) is 13.3. The molecule has 0 heterocycles. The Labute approximate surface area is 125 Å². The van der Waals surface area contributed by atoms with Crippen LogP contribution in [0.3, 0.4) is 0 Å². The van der Waals surface area contributed by atoms with Crippen LogP contribution in [0.5, 0.6) is 0 Å². The van der Waals surface area contributed by atoms with E-state index in [0.717, 1.165) is 16.1 Å². The van der Waals surface area contributed by atoms with Crippen molar-refractivity contribution >= 4 is 27.5 Å². The highest BCUT2D eigenvalue weighted by Gasteiger charge is 2.15. The third-order valence-corrected chi connectivity index (χ3v) is 4.63. The maximum Gasteiger partial charge on any atom is 0.221 e. The Morgan fingerprint density at radius 1 is 1.40 bits per heavy atom. The summed E-state index contributed by atoms with van der Waals surface area (Å²) in [5.41, 5.74) is 0.832. The van der Waals surface area contributed by atoms with Crippen LogP contribution in [0.25, 0.3) is 0 Å². The molecule has 1 rings (SSSR count). The third-order valence-electron chi connectivity index (χ3n) is 2.97. The van der Waals surface area contributed by atoms with E-state index < -0.39 is 10.0 Å². The number of hydrogen-bond donors (Lipinski definition) is 1. The molecule has 0 radical (unpaired) electrons. The highest BCUT2D eigenvalue weighted by molar-refractivity contribution is 7.88. The summed E-state index contributed by atoms with van der Waals surface area (Å²) < 4.78 is 23.6. The van der Waals surface area contributed by atoms with E-state index in [0.29, 0.717) is 5.02 Å². The summed E-state index contributed by atoms with van der Waals surface area (Å²) in [6, 6.07) is 7.05. The van der Waals surface area contributed by atoms with Gasteiger partial charge in [-0.25, -0.2) is 12.7 Å². The van der Waals surface area contributed by atoms with Crippen LogP contribution in [0.4, 0.5) is 0 Å². The molecule has 1 N–H and O–H groups in total. The van der Waals surface area contributed by atoms with Gasteiger partial charge in [-0.3, -0.25) is 4.79 Å². The molecule has 0 saturated carbocycles. The average molecular weight is 319 g/mol. The van der Waals surface area contributed by atoms with Gasteiger partial charge in [-0.1, -0.05) is 29.8 Å². The number of carbonyl (C=O) groups excluding carboxylic acids is 1. The van der Waals surface area contributed by atoms with Crippen molar-refractivity contribution in [2.24, 2.45) is 0 Å². The smallest absolute Gasteiger partial charge is 0.221 e. The van der Waals surface area contributed by atoms with Crippen molar-refractivity contribution < 1.29 is 13.2 Å². The molecule has 5 nitrogen and oxygen atoms in total. The van der Waals surface area contributed by atoms with Crippen LogP contribution in [0.15, 0.2) is 24.3 Å². The zero-order chi connectivity index (χ0) is 15.3. The van der Waals surface area contributed by atoms with E-state index in [1.54, 1.807) is 6.07 Å². The number of benzene rings is 1. The van der Waals surface area contributed by atoms with Gasteiger partial charge in [0.25, 0.3) is 0 Å². The molecule has 0 fully saturated rings. The molecule has 20 heavy (non-hydrogen) atoms. The lowest BCUT2D eigenvalue weighted by Crippen LogP contribution is -2.33. The summed E-state index contributed by atoms with van der Waals surface area (Å²) in [7, 11) is -1.81. The molecule has 1 amide bonds. The number of hydrogen-bond acceptors (Lipinski definition) is 3. The van der Waals surface area contributed by atoms with Crippen LogP contribution in [0.2, 0.25) is 5.02 Å². The fourth-order valence-corrected chi connectivity index (χ4v) is 2.36. The predicted octanol–water partition coefficient (Wildman–Crippen LogP) is 1.80.